The molecule has 0 saturated carbocycles. The van der Waals surface area contributed by atoms with E-state index >= 15 is 0 Å². The quantitative estimate of drug-likeness (QED) is 0.824. The Balaban J connectivity index is 1.62. The summed E-state index contributed by atoms with van der Waals surface area (Å²) in [4.78, 5) is 25.5. The fourth-order valence-electron chi connectivity index (χ4n) is 3.68. The fourth-order valence-corrected chi connectivity index (χ4v) is 3.68. The van der Waals surface area contributed by atoms with Crippen LogP contribution in [-0.4, -0.2) is 54.4 Å². The highest BCUT2D eigenvalue weighted by Crippen LogP contribution is 2.25. The number of piperidine rings is 1. The number of nitrogens with one attached hydrogen (secondary N) is 1. The minimum Gasteiger partial charge on any atom is -0.488 e. The number of rotatable bonds is 5. The van der Waals surface area contributed by atoms with Gasteiger partial charge in [0, 0.05) is 31.6 Å². The molecule has 3 rings (SSSR count). The number of carboxylic acids is 1. The summed E-state index contributed by atoms with van der Waals surface area (Å²) < 4.78 is 11.4. The number of nitrogens with zero attached hydrogens (tertiary/aromatic N) is 1. The topological polar surface area (TPSA) is 88.1 Å². The van der Waals surface area contributed by atoms with E-state index in [0.29, 0.717) is 32.7 Å². The van der Waals surface area contributed by atoms with Crippen molar-refractivity contribution in [2.24, 2.45) is 11.8 Å². The summed E-state index contributed by atoms with van der Waals surface area (Å²) in [6, 6.07) is 5.69. The van der Waals surface area contributed by atoms with Crippen LogP contribution in [0.3, 0.4) is 0 Å². The average Bonchev–Trinajstić information content (AvgIpc) is 3.13. The van der Waals surface area contributed by atoms with Crippen LogP contribution in [-0.2, 0) is 16.1 Å². The van der Waals surface area contributed by atoms with Gasteiger partial charge < -0.3 is 24.8 Å². The van der Waals surface area contributed by atoms with Gasteiger partial charge in [-0.15, -0.1) is 0 Å². The van der Waals surface area contributed by atoms with Gasteiger partial charge in [-0.2, -0.15) is 0 Å². The van der Waals surface area contributed by atoms with Gasteiger partial charge in [0.15, 0.2) is 0 Å². The summed E-state index contributed by atoms with van der Waals surface area (Å²) >= 11 is 0. The number of likely N-dealkylation sites (tertiary alicyclic amines) is 1. The Bertz CT molecular complexity index is 687. The van der Waals surface area contributed by atoms with Crippen LogP contribution in [0.1, 0.15) is 30.9 Å². The zero-order valence-electron chi connectivity index (χ0n) is 15.9. The van der Waals surface area contributed by atoms with Crippen molar-refractivity contribution in [3.63, 3.8) is 0 Å². The van der Waals surface area contributed by atoms with Crippen LogP contribution in [0.2, 0.25) is 0 Å². The first-order valence-corrected chi connectivity index (χ1v) is 9.52. The second kappa shape index (κ2) is 8.61. The molecule has 0 radical (unpaired) electrons. The lowest BCUT2D eigenvalue weighted by atomic mass is 9.91. The van der Waals surface area contributed by atoms with Gasteiger partial charge in [-0.05, 0) is 30.9 Å². The molecule has 2 fully saturated rings. The highest BCUT2D eigenvalue weighted by atomic mass is 16.5. The number of hydrogen-bond acceptors (Lipinski definition) is 4. The first-order chi connectivity index (χ1) is 12.9. The predicted octanol–water partition coefficient (Wildman–Crippen LogP) is 2.41. The van der Waals surface area contributed by atoms with Crippen LogP contribution in [0.15, 0.2) is 18.2 Å². The van der Waals surface area contributed by atoms with E-state index in [1.807, 2.05) is 32.0 Å². The Morgan fingerprint density at radius 3 is 2.89 bits per heavy atom. The molecule has 148 valence electrons. The smallest absolute Gasteiger partial charge is 0.317 e. The highest BCUT2D eigenvalue weighted by molar-refractivity contribution is 5.76. The van der Waals surface area contributed by atoms with Crippen LogP contribution in [0.4, 0.5) is 4.79 Å². The van der Waals surface area contributed by atoms with Crippen LogP contribution in [0, 0.1) is 18.8 Å². The Labute approximate surface area is 159 Å². The molecule has 0 bridgehead atoms. The zero-order chi connectivity index (χ0) is 19.4. The van der Waals surface area contributed by atoms with Crippen LogP contribution < -0.4 is 10.1 Å². The molecule has 7 nitrogen and oxygen atoms in total. The summed E-state index contributed by atoms with van der Waals surface area (Å²) in [7, 11) is 0. The molecule has 2 amide bonds. The van der Waals surface area contributed by atoms with Gasteiger partial charge in [0.25, 0.3) is 0 Å². The number of carbonyl (C=O) groups excluding carboxylic acids is 1. The summed E-state index contributed by atoms with van der Waals surface area (Å²) in [5, 5.41) is 12.2. The van der Waals surface area contributed by atoms with Crippen LogP contribution >= 0.6 is 0 Å². The molecule has 1 aromatic carbocycles. The van der Waals surface area contributed by atoms with Crippen molar-refractivity contribution in [3.8, 4) is 5.75 Å². The molecule has 2 saturated heterocycles. The maximum Gasteiger partial charge on any atom is 0.317 e. The lowest BCUT2D eigenvalue weighted by molar-refractivity contribution is -0.143. The fraction of sp³-hybridized carbons (Fsp3) is 0.600. The summed E-state index contributed by atoms with van der Waals surface area (Å²) in [6.45, 7) is 6.44. The van der Waals surface area contributed by atoms with Gasteiger partial charge >= 0.3 is 12.0 Å². The first-order valence-electron chi connectivity index (χ1n) is 9.52. The zero-order valence-corrected chi connectivity index (χ0v) is 15.9. The molecule has 2 aliphatic rings. The second-order valence-electron chi connectivity index (χ2n) is 7.65. The molecule has 1 aromatic rings. The van der Waals surface area contributed by atoms with Crippen molar-refractivity contribution in [2.45, 2.75) is 39.3 Å². The highest BCUT2D eigenvalue weighted by Gasteiger charge is 2.31. The third-order valence-corrected chi connectivity index (χ3v) is 5.13. The Kier molecular flexibility index (Phi) is 6.21. The molecule has 3 atom stereocenters. The van der Waals surface area contributed by atoms with Crippen molar-refractivity contribution in [1.29, 1.82) is 0 Å². The van der Waals surface area contributed by atoms with Gasteiger partial charge in [-0.25, -0.2) is 4.79 Å². The molecule has 2 aliphatic heterocycles. The minimum atomic E-state index is -0.840. The van der Waals surface area contributed by atoms with E-state index < -0.39 is 11.9 Å². The Morgan fingerprint density at radius 1 is 1.37 bits per heavy atom. The third-order valence-electron chi connectivity index (χ3n) is 5.13. The molecule has 2 N–H and O–H groups in total. The number of ether oxygens (including phenoxy) is 2. The summed E-state index contributed by atoms with van der Waals surface area (Å²) in [6.07, 6.45) is 1.51. The van der Waals surface area contributed by atoms with E-state index in [0.717, 1.165) is 23.3 Å². The number of aliphatic carboxylic acids is 1. The molecular formula is C20H28N2O5. The number of urea groups is 1. The minimum absolute atomic E-state index is 0.0421. The Hall–Kier alpha value is -2.28. The predicted molar refractivity (Wildman–Crippen MR) is 99.7 cm³/mol. The van der Waals surface area contributed by atoms with E-state index in [9.17, 15) is 14.7 Å². The molecular weight excluding hydrogens is 348 g/mol. The monoisotopic (exact) mass is 376 g/mol. The largest absolute Gasteiger partial charge is 0.488 e. The molecule has 0 aliphatic carbocycles. The summed E-state index contributed by atoms with van der Waals surface area (Å²) in [5.41, 5.74) is 1.99. The van der Waals surface area contributed by atoms with Gasteiger partial charge in [-0.3, -0.25) is 4.79 Å². The van der Waals surface area contributed by atoms with Gasteiger partial charge in [-0.1, -0.05) is 19.1 Å². The maximum atomic E-state index is 12.6. The van der Waals surface area contributed by atoms with Crippen molar-refractivity contribution in [2.75, 3.05) is 26.3 Å². The van der Waals surface area contributed by atoms with E-state index in [-0.39, 0.29) is 24.6 Å². The number of carboxylic acid groups (broad SMARTS) is 1. The average molecular weight is 376 g/mol. The standard InChI is InChI=1S/C20H28N2O5/c1-13-3-4-15(18(8-13)27-17-5-6-26-12-17)9-21-20(25)22-10-14(2)7-16(11-22)19(23)24/h3-4,8,14,16-17H,5-7,9-12H2,1-2H3,(H,21,25)(H,23,24). The van der Waals surface area contributed by atoms with Crippen LogP contribution in [0.5, 0.6) is 5.75 Å². The lowest BCUT2D eigenvalue weighted by Gasteiger charge is -2.34. The first kappa shape index (κ1) is 19.5. The maximum absolute atomic E-state index is 12.6. The number of hydrogen-bond donors (Lipinski definition) is 2. The molecule has 27 heavy (non-hydrogen) atoms. The number of aryl methyl sites for hydroxylation is 1. The van der Waals surface area contributed by atoms with Crippen molar-refractivity contribution in [1.82, 2.24) is 10.2 Å². The SMILES string of the molecule is Cc1ccc(CNC(=O)N2CC(C)CC(C(=O)O)C2)c(OC2CCOC2)c1. The molecule has 3 unspecified atom stereocenters. The van der Waals surface area contributed by atoms with E-state index in [4.69, 9.17) is 9.47 Å². The molecule has 0 spiro atoms. The van der Waals surface area contributed by atoms with E-state index in [1.165, 1.54) is 0 Å². The van der Waals surface area contributed by atoms with Crippen molar-refractivity contribution < 1.29 is 24.2 Å². The Morgan fingerprint density at radius 2 is 2.19 bits per heavy atom. The van der Waals surface area contributed by atoms with Gasteiger partial charge in [0.05, 0.1) is 19.1 Å². The third kappa shape index (κ3) is 5.13. The van der Waals surface area contributed by atoms with Crippen molar-refractivity contribution >= 4 is 12.0 Å². The van der Waals surface area contributed by atoms with E-state index in [1.54, 1.807) is 4.90 Å². The molecule has 2 heterocycles. The number of carbonyl (C=O) groups is 2. The normalized spacial score (nSPS) is 25.3. The number of benzene rings is 1. The second-order valence-corrected chi connectivity index (χ2v) is 7.65. The van der Waals surface area contributed by atoms with E-state index in [2.05, 4.69) is 5.32 Å². The molecule has 7 heteroatoms. The van der Waals surface area contributed by atoms with Crippen molar-refractivity contribution in [3.05, 3.63) is 29.3 Å². The van der Waals surface area contributed by atoms with Gasteiger partial charge in [0.2, 0.25) is 0 Å². The lowest BCUT2D eigenvalue weighted by Crippen LogP contribution is -2.49. The molecule has 0 aromatic heterocycles. The summed E-state index contributed by atoms with van der Waals surface area (Å²) in [5.74, 6) is -0.403. The van der Waals surface area contributed by atoms with Gasteiger partial charge in [0.1, 0.15) is 11.9 Å². The van der Waals surface area contributed by atoms with Crippen LogP contribution in [0.25, 0.3) is 0 Å². The number of amides is 2.